The Morgan fingerprint density at radius 1 is 1.11 bits per heavy atom. The second-order valence-corrected chi connectivity index (χ2v) is 5.63. The summed E-state index contributed by atoms with van der Waals surface area (Å²) in [5.74, 6) is 7.34. The SMILES string of the molecule is CC(=O)CC/C=C(\C)C#CC/C(C)=C/CCC(C)C. The molecule has 0 unspecified atom stereocenters. The van der Waals surface area contributed by atoms with Crippen LogP contribution in [-0.2, 0) is 4.79 Å². The highest BCUT2D eigenvalue weighted by Crippen LogP contribution is 2.08. The minimum Gasteiger partial charge on any atom is -0.300 e. The van der Waals surface area contributed by atoms with Crippen molar-refractivity contribution in [3.05, 3.63) is 23.3 Å². The number of ketones is 1. The minimum atomic E-state index is 0.237. The maximum absolute atomic E-state index is 10.8. The molecule has 0 saturated carbocycles. The number of hydrogen-bond donors (Lipinski definition) is 0. The van der Waals surface area contributed by atoms with E-state index >= 15 is 0 Å². The van der Waals surface area contributed by atoms with E-state index < -0.39 is 0 Å². The van der Waals surface area contributed by atoms with E-state index in [0.717, 1.165) is 30.8 Å². The van der Waals surface area contributed by atoms with Crippen LogP contribution in [0.25, 0.3) is 0 Å². The van der Waals surface area contributed by atoms with Gasteiger partial charge < -0.3 is 4.79 Å². The van der Waals surface area contributed by atoms with Gasteiger partial charge in [0.15, 0.2) is 0 Å². The highest BCUT2D eigenvalue weighted by Gasteiger charge is 1.92. The number of rotatable bonds is 7. The van der Waals surface area contributed by atoms with Crippen molar-refractivity contribution in [1.29, 1.82) is 0 Å². The van der Waals surface area contributed by atoms with Gasteiger partial charge in [-0.2, -0.15) is 0 Å². The van der Waals surface area contributed by atoms with Gasteiger partial charge in [-0.25, -0.2) is 0 Å². The van der Waals surface area contributed by atoms with Crippen molar-refractivity contribution in [1.82, 2.24) is 0 Å². The summed E-state index contributed by atoms with van der Waals surface area (Å²) in [6.07, 6.45) is 9.01. The van der Waals surface area contributed by atoms with Gasteiger partial charge in [0.2, 0.25) is 0 Å². The van der Waals surface area contributed by atoms with Crippen LogP contribution in [0.1, 0.15) is 66.7 Å². The lowest BCUT2D eigenvalue weighted by Crippen LogP contribution is -1.87. The number of hydrogen-bond acceptors (Lipinski definition) is 1. The van der Waals surface area contributed by atoms with E-state index in [-0.39, 0.29) is 5.78 Å². The Kier molecular flexibility index (Phi) is 9.90. The third kappa shape index (κ3) is 12.9. The summed E-state index contributed by atoms with van der Waals surface area (Å²) in [5.41, 5.74) is 2.42. The maximum Gasteiger partial charge on any atom is 0.130 e. The number of Topliss-reactive ketones (excluding diaryl/α,β-unsaturated/α-hetero) is 1. The van der Waals surface area contributed by atoms with Crippen LogP contribution in [0, 0.1) is 17.8 Å². The molecule has 0 aliphatic rings. The van der Waals surface area contributed by atoms with E-state index in [9.17, 15) is 4.79 Å². The van der Waals surface area contributed by atoms with Gasteiger partial charge >= 0.3 is 0 Å². The summed E-state index contributed by atoms with van der Waals surface area (Å²) in [6.45, 7) is 10.3. The Bertz CT molecular complexity index is 386. The summed E-state index contributed by atoms with van der Waals surface area (Å²) >= 11 is 0. The van der Waals surface area contributed by atoms with Crippen molar-refractivity contribution in [3.63, 3.8) is 0 Å². The average molecular weight is 260 g/mol. The zero-order valence-corrected chi connectivity index (χ0v) is 13.2. The first-order chi connectivity index (χ1) is 8.91. The van der Waals surface area contributed by atoms with Gasteiger partial charge in [-0.15, -0.1) is 0 Å². The van der Waals surface area contributed by atoms with Crippen LogP contribution >= 0.6 is 0 Å². The smallest absolute Gasteiger partial charge is 0.130 e. The van der Waals surface area contributed by atoms with E-state index in [4.69, 9.17) is 0 Å². The molecule has 19 heavy (non-hydrogen) atoms. The molecule has 0 heterocycles. The molecule has 0 spiro atoms. The first kappa shape index (κ1) is 17.7. The number of carbonyl (C=O) groups is 1. The van der Waals surface area contributed by atoms with Gasteiger partial charge in [0.05, 0.1) is 0 Å². The van der Waals surface area contributed by atoms with Crippen LogP contribution in [0.3, 0.4) is 0 Å². The van der Waals surface area contributed by atoms with E-state index in [1.165, 1.54) is 12.0 Å². The summed E-state index contributed by atoms with van der Waals surface area (Å²) < 4.78 is 0. The van der Waals surface area contributed by atoms with Gasteiger partial charge in [0, 0.05) is 12.8 Å². The topological polar surface area (TPSA) is 17.1 Å². The Morgan fingerprint density at radius 2 is 1.79 bits per heavy atom. The molecule has 0 aromatic heterocycles. The van der Waals surface area contributed by atoms with Gasteiger partial charge in [0.25, 0.3) is 0 Å². The van der Waals surface area contributed by atoms with Crippen molar-refractivity contribution in [2.24, 2.45) is 5.92 Å². The first-order valence-corrected chi connectivity index (χ1v) is 7.22. The molecule has 0 aliphatic heterocycles. The van der Waals surface area contributed by atoms with Gasteiger partial charge in [-0.05, 0) is 51.5 Å². The largest absolute Gasteiger partial charge is 0.300 e. The van der Waals surface area contributed by atoms with Crippen molar-refractivity contribution < 1.29 is 4.79 Å². The quantitative estimate of drug-likeness (QED) is 0.461. The summed E-state index contributed by atoms with van der Waals surface area (Å²) in [5, 5.41) is 0. The van der Waals surface area contributed by atoms with Crippen LogP contribution < -0.4 is 0 Å². The predicted molar refractivity (Wildman–Crippen MR) is 83.9 cm³/mol. The standard InChI is InChI=1S/C18H28O/c1-15(2)9-6-10-16(3)11-7-12-17(4)13-8-14-18(5)19/h10,13,15H,6,8-9,11,14H2,1-5H3/b16-10+,17-13+. The molecule has 106 valence electrons. The lowest BCUT2D eigenvalue weighted by Gasteiger charge is -2.00. The molecule has 0 rings (SSSR count). The number of allylic oxidation sites excluding steroid dienone is 4. The Balaban J connectivity index is 4.04. The maximum atomic E-state index is 10.8. The predicted octanol–water partition coefficient (Wildman–Crippen LogP) is 5.08. The van der Waals surface area contributed by atoms with Gasteiger partial charge in [-0.3, -0.25) is 0 Å². The third-order valence-corrected chi connectivity index (χ3v) is 2.84. The van der Waals surface area contributed by atoms with E-state index in [1.807, 2.05) is 13.0 Å². The summed E-state index contributed by atoms with van der Waals surface area (Å²) in [4.78, 5) is 10.8. The second kappa shape index (κ2) is 10.6. The number of carbonyl (C=O) groups excluding carboxylic acids is 1. The molecule has 0 aliphatic carbocycles. The average Bonchev–Trinajstić information content (AvgIpc) is 2.27. The Hall–Kier alpha value is -1.29. The fourth-order valence-corrected chi connectivity index (χ4v) is 1.60. The zero-order chi connectivity index (χ0) is 14.7. The van der Waals surface area contributed by atoms with Crippen molar-refractivity contribution in [3.8, 4) is 11.8 Å². The Labute approximate surface area is 119 Å². The highest BCUT2D eigenvalue weighted by atomic mass is 16.1. The van der Waals surface area contributed by atoms with E-state index in [1.54, 1.807) is 6.92 Å². The molecule has 0 aromatic carbocycles. The van der Waals surface area contributed by atoms with Gasteiger partial charge in [-0.1, -0.05) is 43.4 Å². The van der Waals surface area contributed by atoms with Crippen molar-refractivity contribution in [2.45, 2.75) is 66.7 Å². The second-order valence-electron chi connectivity index (χ2n) is 5.63. The molecule has 1 nitrogen and oxygen atoms in total. The van der Waals surface area contributed by atoms with Crippen LogP contribution in [-0.4, -0.2) is 5.78 Å². The fraction of sp³-hybridized carbons (Fsp3) is 0.611. The first-order valence-electron chi connectivity index (χ1n) is 7.22. The molecule has 0 atom stereocenters. The molecule has 0 fully saturated rings. The molecular weight excluding hydrogens is 232 g/mol. The monoisotopic (exact) mass is 260 g/mol. The molecule has 0 saturated heterocycles. The molecule has 0 aromatic rings. The lowest BCUT2D eigenvalue weighted by atomic mass is 10.1. The van der Waals surface area contributed by atoms with Crippen LogP contribution in [0.5, 0.6) is 0 Å². The third-order valence-electron chi connectivity index (χ3n) is 2.84. The molecular formula is C18H28O. The molecule has 0 amide bonds. The van der Waals surface area contributed by atoms with E-state index in [0.29, 0.717) is 6.42 Å². The van der Waals surface area contributed by atoms with Crippen LogP contribution in [0.4, 0.5) is 0 Å². The summed E-state index contributed by atoms with van der Waals surface area (Å²) in [6, 6.07) is 0. The van der Waals surface area contributed by atoms with Crippen molar-refractivity contribution in [2.75, 3.05) is 0 Å². The molecule has 1 heteroatoms. The molecule has 0 radical (unpaired) electrons. The van der Waals surface area contributed by atoms with Crippen LogP contribution in [0.2, 0.25) is 0 Å². The van der Waals surface area contributed by atoms with E-state index in [2.05, 4.69) is 38.7 Å². The van der Waals surface area contributed by atoms with Crippen LogP contribution in [0.15, 0.2) is 23.3 Å². The fourth-order valence-electron chi connectivity index (χ4n) is 1.60. The molecule has 0 N–H and O–H groups in total. The summed E-state index contributed by atoms with van der Waals surface area (Å²) in [7, 11) is 0. The minimum absolute atomic E-state index is 0.237. The Morgan fingerprint density at radius 3 is 2.37 bits per heavy atom. The van der Waals surface area contributed by atoms with Gasteiger partial charge in [0.1, 0.15) is 5.78 Å². The van der Waals surface area contributed by atoms with Crippen molar-refractivity contribution >= 4 is 5.78 Å². The lowest BCUT2D eigenvalue weighted by molar-refractivity contribution is -0.116. The highest BCUT2D eigenvalue weighted by molar-refractivity contribution is 5.75. The normalized spacial score (nSPS) is 12.3. The molecule has 0 bridgehead atoms. The zero-order valence-electron chi connectivity index (χ0n) is 13.2.